The molecule has 1 fully saturated rings. The minimum absolute atomic E-state index is 0.0875. The van der Waals surface area contributed by atoms with Crippen LogP contribution < -0.4 is 10.1 Å². The molecular formula is C25H31Cl2NO4S. The maximum Gasteiger partial charge on any atom is 0.514 e. The third-order valence-electron chi connectivity index (χ3n) is 5.17. The van der Waals surface area contributed by atoms with Crippen LogP contribution in [0.3, 0.4) is 0 Å². The molecule has 5 nitrogen and oxygen atoms in total. The molecule has 1 atom stereocenters. The van der Waals surface area contributed by atoms with Crippen LogP contribution in [0.15, 0.2) is 46.2 Å². The summed E-state index contributed by atoms with van der Waals surface area (Å²) in [6.07, 6.45) is 3.11. The Morgan fingerprint density at radius 1 is 1.15 bits per heavy atom. The van der Waals surface area contributed by atoms with E-state index in [4.69, 9.17) is 32.7 Å². The molecule has 1 aliphatic rings. The van der Waals surface area contributed by atoms with Gasteiger partial charge in [-0.2, -0.15) is 0 Å². The van der Waals surface area contributed by atoms with E-state index in [0.29, 0.717) is 26.7 Å². The molecule has 0 amide bonds. The van der Waals surface area contributed by atoms with E-state index in [1.165, 1.54) is 24.6 Å². The molecule has 0 heterocycles. The second-order valence-electron chi connectivity index (χ2n) is 9.65. The number of halogens is 2. The number of ether oxygens (including phenoxy) is 2. The van der Waals surface area contributed by atoms with Crippen molar-refractivity contribution in [3.63, 3.8) is 0 Å². The molecule has 0 bridgehead atoms. The van der Waals surface area contributed by atoms with Gasteiger partial charge in [-0.1, -0.05) is 41.0 Å². The number of benzene rings is 2. The van der Waals surface area contributed by atoms with Crippen LogP contribution in [-0.4, -0.2) is 35.1 Å². The van der Waals surface area contributed by atoms with Crippen LogP contribution in [0, 0.1) is 0 Å². The Morgan fingerprint density at radius 3 is 2.48 bits per heavy atom. The van der Waals surface area contributed by atoms with Crippen molar-refractivity contribution in [1.82, 2.24) is 5.32 Å². The van der Waals surface area contributed by atoms with Gasteiger partial charge < -0.3 is 19.9 Å². The minimum atomic E-state index is -0.771. The standard InChI is InChI=1S/C25H31Cl2NO4S/c1-24(2,3)32-23(30)31-21-10-6-17(26)13-22(21)33-19-9-5-16(20(27)14-19)11-12-25(4,15-29)28-18-7-8-18/h5-6,9-10,13-14,18,28-29H,7-8,11-12,15H2,1-4H3/t25-/m0/s1. The van der Waals surface area contributed by atoms with Gasteiger partial charge in [0.1, 0.15) is 11.4 Å². The highest BCUT2D eigenvalue weighted by Crippen LogP contribution is 2.39. The summed E-state index contributed by atoms with van der Waals surface area (Å²) in [4.78, 5) is 13.7. The monoisotopic (exact) mass is 511 g/mol. The van der Waals surface area contributed by atoms with E-state index < -0.39 is 11.8 Å². The summed E-state index contributed by atoms with van der Waals surface area (Å²) in [5.74, 6) is 0.365. The Morgan fingerprint density at radius 2 is 1.88 bits per heavy atom. The molecule has 2 aromatic rings. The van der Waals surface area contributed by atoms with Gasteiger partial charge in [0.15, 0.2) is 0 Å². The first-order valence-corrected chi connectivity index (χ1v) is 12.6. The van der Waals surface area contributed by atoms with Crippen LogP contribution in [-0.2, 0) is 11.2 Å². The summed E-state index contributed by atoms with van der Waals surface area (Å²) in [6.45, 7) is 7.47. The second-order valence-corrected chi connectivity index (χ2v) is 11.6. The molecule has 0 aromatic heterocycles. The van der Waals surface area contributed by atoms with E-state index in [-0.39, 0.29) is 12.1 Å². The van der Waals surface area contributed by atoms with Gasteiger partial charge in [0.05, 0.1) is 11.5 Å². The van der Waals surface area contributed by atoms with Crippen molar-refractivity contribution in [3.05, 3.63) is 52.0 Å². The summed E-state index contributed by atoms with van der Waals surface area (Å²) >= 11 is 14.2. The van der Waals surface area contributed by atoms with Gasteiger partial charge >= 0.3 is 6.16 Å². The lowest BCUT2D eigenvalue weighted by Gasteiger charge is -2.29. The van der Waals surface area contributed by atoms with Crippen LogP contribution in [0.1, 0.15) is 52.5 Å². The molecule has 3 rings (SSSR count). The number of aliphatic hydroxyl groups excluding tert-OH is 1. The molecule has 180 valence electrons. The highest BCUT2D eigenvalue weighted by atomic mass is 35.5. The summed E-state index contributed by atoms with van der Waals surface area (Å²) < 4.78 is 10.7. The number of aliphatic hydroxyl groups is 1. The van der Waals surface area contributed by atoms with Gasteiger partial charge in [-0.3, -0.25) is 0 Å². The molecular weight excluding hydrogens is 481 g/mol. The number of hydrogen-bond acceptors (Lipinski definition) is 6. The number of rotatable bonds is 9. The van der Waals surface area contributed by atoms with Crippen LogP contribution in [0.25, 0.3) is 0 Å². The maximum absolute atomic E-state index is 12.1. The normalized spacial score (nSPS) is 15.7. The fourth-order valence-electron chi connectivity index (χ4n) is 3.26. The molecule has 0 aliphatic heterocycles. The predicted molar refractivity (Wildman–Crippen MR) is 134 cm³/mol. The van der Waals surface area contributed by atoms with Crippen molar-refractivity contribution in [2.45, 2.75) is 80.4 Å². The van der Waals surface area contributed by atoms with Crippen molar-refractivity contribution in [2.75, 3.05) is 6.61 Å². The largest absolute Gasteiger partial charge is 0.514 e. The molecule has 0 unspecified atom stereocenters. The summed E-state index contributed by atoms with van der Waals surface area (Å²) in [7, 11) is 0. The highest BCUT2D eigenvalue weighted by molar-refractivity contribution is 7.99. The molecule has 2 aromatic carbocycles. The van der Waals surface area contributed by atoms with E-state index >= 15 is 0 Å². The van der Waals surface area contributed by atoms with Crippen molar-refractivity contribution < 1.29 is 19.4 Å². The summed E-state index contributed by atoms with van der Waals surface area (Å²) in [6, 6.07) is 11.4. The number of hydrogen-bond donors (Lipinski definition) is 2. The van der Waals surface area contributed by atoms with Gasteiger partial charge in [-0.15, -0.1) is 0 Å². The van der Waals surface area contributed by atoms with Crippen molar-refractivity contribution in [2.24, 2.45) is 0 Å². The average Bonchev–Trinajstić information content (AvgIpc) is 3.52. The van der Waals surface area contributed by atoms with Gasteiger partial charge in [-0.05, 0) is 89.3 Å². The Kier molecular flexibility index (Phi) is 8.62. The zero-order valence-corrected chi connectivity index (χ0v) is 21.7. The van der Waals surface area contributed by atoms with Crippen molar-refractivity contribution >= 4 is 41.1 Å². The quantitative estimate of drug-likeness (QED) is 0.282. The Balaban J connectivity index is 1.69. The fourth-order valence-corrected chi connectivity index (χ4v) is 4.80. The number of nitrogens with one attached hydrogen (secondary N) is 1. The van der Waals surface area contributed by atoms with Crippen molar-refractivity contribution in [3.8, 4) is 5.75 Å². The first-order valence-electron chi connectivity index (χ1n) is 11.0. The van der Waals surface area contributed by atoms with Crippen LogP contribution in [0.2, 0.25) is 10.0 Å². The topological polar surface area (TPSA) is 67.8 Å². The maximum atomic E-state index is 12.1. The third kappa shape index (κ3) is 8.37. The van der Waals surface area contributed by atoms with Gasteiger partial charge in [0.25, 0.3) is 0 Å². The van der Waals surface area contributed by atoms with Crippen molar-refractivity contribution in [1.29, 1.82) is 0 Å². The summed E-state index contributed by atoms with van der Waals surface area (Å²) in [5, 5.41) is 14.6. The lowest BCUT2D eigenvalue weighted by atomic mass is 9.94. The highest BCUT2D eigenvalue weighted by Gasteiger charge is 2.31. The number of carbonyl (C=O) groups excluding carboxylic acids is 1. The van der Waals surface area contributed by atoms with E-state index in [2.05, 4.69) is 12.2 Å². The lowest BCUT2D eigenvalue weighted by Crippen LogP contribution is -2.47. The molecule has 0 spiro atoms. The van der Waals surface area contributed by atoms with Gasteiger partial charge in [-0.25, -0.2) is 4.79 Å². The molecule has 33 heavy (non-hydrogen) atoms. The molecule has 0 saturated heterocycles. The van der Waals surface area contributed by atoms with E-state index in [1.54, 1.807) is 39.0 Å². The third-order valence-corrected chi connectivity index (χ3v) is 6.78. The minimum Gasteiger partial charge on any atom is -0.428 e. The first-order chi connectivity index (χ1) is 15.5. The molecule has 1 saturated carbocycles. The first kappa shape index (κ1) is 26.2. The zero-order valence-electron chi connectivity index (χ0n) is 19.4. The molecule has 0 radical (unpaired) electrons. The predicted octanol–water partition coefficient (Wildman–Crippen LogP) is 6.89. The second kappa shape index (κ2) is 10.9. The Hall–Kier alpha value is -1.44. The Labute approximate surface area is 210 Å². The van der Waals surface area contributed by atoms with Crippen LogP contribution >= 0.6 is 35.0 Å². The smallest absolute Gasteiger partial charge is 0.428 e. The van der Waals surface area contributed by atoms with Gasteiger partial charge in [0, 0.05) is 26.5 Å². The molecule has 2 N–H and O–H groups in total. The molecule has 8 heteroatoms. The Bertz CT molecular complexity index is 991. The molecule has 1 aliphatic carbocycles. The average molecular weight is 512 g/mol. The van der Waals surface area contributed by atoms with Crippen LogP contribution in [0.5, 0.6) is 5.75 Å². The van der Waals surface area contributed by atoms with Gasteiger partial charge in [0.2, 0.25) is 0 Å². The van der Waals surface area contributed by atoms with E-state index in [1.807, 2.05) is 18.2 Å². The van der Waals surface area contributed by atoms with Crippen LogP contribution in [0.4, 0.5) is 4.79 Å². The lowest BCUT2D eigenvalue weighted by molar-refractivity contribution is 0.0201. The number of aryl methyl sites for hydroxylation is 1. The van der Waals surface area contributed by atoms with E-state index in [0.717, 1.165) is 23.3 Å². The fraction of sp³-hybridized carbons (Fsp3) is 0.480. The zero-order chi connectivity index (χ0) is 24.2. The SMILES string of the molecule is CC(C)(C)OC(=O)Oc1ccc(Cl)cc1Sc1ccc(CC[C@@](C)(CO)NC2CC2)c(Cl)c1. The summed E-state index contributed by atoms with van der Waals surface area (Å²) in [5.41, 5.74) is 0.0576. The van der Waals surface area contributed by atoms with E-state index in [9.17, 15) is 9.90 Å². The number of carbonyl (C=O) groups is 1.